The van der Waals surface area contributed by atoms with Gasteiger partial charge in [-0.1, -0.05) is 23.7 Å². The summed E-state index contributed by atoms with van der Waals surface area (Å²) in [4.78, 5) is 8.01. The normalized spacial score (nSPS) is 10.3. The highest BCUT2D eigenvalue weighted by molar-refractivity contribution is 6.31. The topological polar surface area (TPSA) is 61.0 Å². The summed E-state index contributed by atoms with van der Waals surface area (Å²) in [6, 6.07) is 5.86. The van der Waals surface area contributed by atoms with Crippen LogP contribution in [0.25, 0.3) is 11.4 Å². The van der Waals surface area contributed by atoms with Crippen molar-refractivity contribution in [3.05, 3.63) is 35.2 Å². The molecule has 0 aliphatic heterocycles. The lowest BCUT2D eigenvalue weighted by atomic mass is 10.2. The van der Waals surface area contributed by atoms with Gasteiger partial charge >= 0.3 is 0 Å². The number of rotatable bonds is 2. The zero-order valence-electron chi connectivity index (χ0n) is 8.95. The molecule has 0 amide bonds. The summed E-state index contributed by atoms with van der Waals surface area (Å²) in [7, 11) is 1.42. The van der Waals surface area contributed by atoms with Crippen LogP contribution in [0, 0.1) is 5.82 Å². The number of aromatic nitrogens is 2. The monoisotopic (exact) mass is 253 g/mol. The Labute approximate surface area is 102 Å². The zero-order chi connectivity index (χ0) is 12.4. The predicted octanol–water partition coefficient (Wildman–Crippen LogP) is 2.53. The van der Waals surface area contributed by atoms with Gasteiger partial charge in [-0.25, -0.2) is 14.4 Å². The van der Waals surface area contributed by atoms with Crippen LogP contribution in [0.15, 0.2) is 24.3 Å². The van der Waals surface area contributed by atoms with Crippen LogP contribution in [-0.4, -0.2) is 17.1 Å². The molecular weight excluding hydrogens is 245 g/mol. The molecule has 0 radical (unpaired) electrons. The van der Waals surface area contributed by atoms with Crippen LogP contribution in [-0.2, 0) is 0 Å². The van der Waals surface area contributed by atoms with Crippen molar-refractivity contribution >= 4 is 17.4 Å². The summed E-state index contributed by atoms with van der Waals surface area (Å²) < 4.78 is 18.0. The summed E-state index contributed by atoms with van der Waals surface area (Å²) in [6.07, 6.45) is 0. The standard InChI is InChI=1S/C11H9ClFN3O/c1-17-8-9(12)15-11(16-10(8)14)6-3-2-4-7(13)5-6/h2-5H,1H3,(H2,14,15,16). The maximum absolute atomic E-state index is 13.1. The third-order valence-electron chi connectivity index (χ3n) is 2.14. The lowest BCUT2D eigenvalue weighted by molar-refractivity contribution is 0.414. The summed E-state index contributed by atoms with van der Waals surface area (Å²) in [6.45, 7) is 0. The van der Waals surface area contributed by atoms with Gasteiger partial charge in [-0.3, -0.25) is 0 Å². The first kappa shape index (κ1) is 11.6. The van der Waals surface area contributed by atoms with Crippen molar-refractivity contribution in [3.63, 3.8) is 0 Å². The number of methoxy groups -OCH3 is 1. The molecule has 2 rings (SSSR count). The molecule has 1 heterocycles. The van der Waals surface area contributed by atoms with Crippen molar-refractivity contribution in [3.8, 4) is 17.1 Å². The third kappa shape index (κ3) is 2.29. The Morgan fingerprint density at radius 1 is 1.35 bits per heavy atom. The van der Waals surface area contributed by atoms with Crippen molar-refractivity contribution < 1.29 is 9.13 Å². The van der Waals surface area contributed by atoms with Gasteiger partial charge < -0.3 is 10.5 Å². The van der Waals surface area contributed by atoms with Gasteiger partial charge in [0.05, 0.1) is 7.11 Å². The zero-order valence-corrected chi connectivity index (χ0v) is 9.70. The fraction of sp³-hybridized carbons (Fsp3) is 0.0909. The third-order valence-corrected chi connectivity index (χ3v) is 2.39. The Balaban J connectivity index is 2.54. The Morgan fingerprint density at radius 3 is 2.71 bits per heavy atom. The number of ether oxygens (including phenoxy) is 1. The van der Waals surface area contributed by atoms with E-state index < -0.39 is 0 Å². The van der Waals surface area contributed by atoms with Crippen molar-refractivity contribution in [1.29, 1.82) is 0 Å². The fourth-order valence-electron chi connectivity index (χ4n) is 1.38. The average Bonchev–Trinajstić information content (AvgIpc) is 2.28. The number of nitrogens with zero attached hydrogens (tertiary/aromatic N) is 2. The molecule has 0 aliphatic rings. The highest BCUT2D eigenvalue weighted by atomic mass is 35.5. The van der Waals surface area contributed by atoms with Gasteiger partial charge in [0, 0.05) is 5.56 Å². The molecule has 4 nitrogen and oxygen atoms in total. The summed E-state index contributed by atoms with van der Waals surface area (Å²) >= 11 is 5.87. The number of anilines is 1. The van der Waals surface area contributed by atoms with Crippen molar-refractivity contribution in [2.75, 3.05) is 12.8 Å². The molecule has 0 bridgehead atoms. The van der Waals surface area contributed by atoms with Crippen LogP contribution in [0.2, 0.25) is 5.15 Å². The fourth-order valence-corrected chi connectivity index (χ4v) is 1.64. The van der Waals surface area contributed by atoms with Gasteiger partial charge in [0.25, 0.3) is 0 Å². The van der Waals surface area contributed by atoms with Crippen LogP contribution in [0.3, 0.4) is 0 Å². The Kier molecular flexibility index (Phi) is 3.10. The van der Waals surface area contributed by atoms with Crippen LogP contribution in [0.4, 0.5) is 10.2 Å². The molecular formula is C11H9ClFN3O. The number of hydrogen-bond donors (Lipinski definition) is 1. The van der Waals surface area contributed by atoms with E-state index in [2.05, 4.69) is 9.97 Å². The maximum atomic E-state index is 13.1. The van der Waals surface area contributed by atoms with E-state index in [1.807, 2.05) is 0 Å². The van der Waals surface area contributed by atoms with Crippen LogP contribution >= 0.6 is 11.6 Å². The molecule has 0 saturated carbocycles. The van der Waals surface area contributed by atoms with Crippen LogP contribution in [0.1, 0.15) is 0 Å². The number of benzene rings is 1. The summed E-state index contributed by atoms with van der Waals surface area (Å²) in [5.74, 6) is 0.211. The smallest absolute Gasteiger partial charge is 0.198 e. The van der Waals surface area contributed by atoms with Crippen molar-refractivity contribution in [2.24, 2.45) is 0 Å². The molecule has 0 unspecified atom stereocenters. The highest BCUT2D eigenvalue weighted by Gasteiger charge is 2.12. The molecule has 2 N–H and O–H groups in total. The summed E-state index contributed by atoms with van der Waals surface area (Å²) in [5.41, 5.74) is 6.15. The minimum Gasteiger partial charge on any atom is -0.490 e. The SMILES string of the molecule is COc1c(N)nc(-c2cccc(F)c2)nc1Cl. The Hall–Kier alpha value is -1.88. The lowest BCUT2D eigenvalue weighted by Gasteiger charge is -2.07. The number of nitrogen functional groups attached to an aromatic ring is 1. The molecule has 6 heteroatoms. The molecule has 88 valence electrons. The maximum Gasteiger partial charge on any atom is 0.198 e. The van der Waals surface area contributed by atoms with Gasteiger partial charge in [-0.05, 0) is 12.1 Å². The van der Waals surface area contributed by atoms with Crippen molar-refractivity contribution in [1.82, 2.24) is 9.97 Å². The van der Waals surface area contributed by atoms with E-state index in [0.29, 0.717) is 5.56 Å². The van der Waals surface area contributed by atoms with Gasteiger partial charge in [-0.15, -0.1) is 0 Å². The first-order valence-electron chi connectivity index (χ1n) is 4.74. The van der Waals surface area contributed by atoms with Gasteiger partial charge in [0.1, 0.15) is 5.82 Å². The number of nitrogens with two attached hydrogens (primary N) is 1. The Morgan fingerprint density at radius 2 is 2.12 bits per heavy atom. The number of halogens is 2. The van der Waals surface area contributed by atoms with Gasteiger partial charge in [0.2, 0.25) is 0 Å². The van der Waals surface area contributed by atoms with E-state index in [9.17, 15) is 4.39 Å². The quantitative estimate of drug-likeness (QED) is 0.836. The van der Waals surface area contributed by atoms with E-state index in [0.717, 1.165) is 0 Å². The molecule has 0 aliphatic carbocycles. The molecule has 2 aromatic rings. The average molecular weight is 254 g/mol. The summed E-state index contributed by atoms with van der Waals surface area (Å²) in [5, 5.41) is 0.0965. The predicted molar refractivity (Wildman–Crippen MR) is 63.4 cm³/mol. The minimum absolute atomic E-state index is 0.0965. The molecule has 0 fully saturated rings. The first-order chi connectivity index (χ1) is 8.11. The largest absolute Gasteiger partial charge is 0.490 e. The molecule has 0 spiro atoms. The Bertz CT molecular complexity index is 539. The van der Waals surface area contributed by atoms with Crippen LogP contribution in [0.5, 0.6) is 5.75 Å². The van der Waals surface area contributed by atoms with Gasteiger partial charge in [0.15, 0.2) is 22.5 Å². The van der Waals surface area contributed by atoms with E-state index in [1.54, 1.807) is 12.1 Å². The van der Waals surface area contributed by atoms with Crippen LogP contribution < -0.4 is 10.5 Å². The molecule has 0 saturated heterocycles. The van der Waals surface area contributed by atoms with Crippen molar-refractivity contribution in [2.45, 2.75) is 0 Å². The minimum atomic E-state index is -0.378. The lowest BCUT2D eigenvalue weighted by Crippen LogP contribution is -2.01. The van der Waals surface area contributed by atoms with Gasteiger partial charge in [-0.2, -0.15) is 0 Å². The molecule has 17 heavy (non-hydrogen) atoms. The second kappa shape index (κ2) is 4.55. The highest BCUT2D eigenvalue weighted by Crippen LogP contribution is 2.30. The number of hydrogen-bond acceptors (Lipinski definition) is 4. The molecule has 0 atom stereocenters. The van der Waals surface area contributed by atoms with E-state index in [1.165, 1.54) is 19.2 Å². The first-order valence-corrected chi connectivity index (χ1v) is 5.12. The second-order valence-electron chi connectivity index (χ2n) is 3.27. The second-order valence-corrected chi connectivity index (χ2v) is 3.62. The van der Waals surface area contributed by atoms with E-state index in [4.69, 9.17) is 22.1 Å². The van der Waals surface area contributed by atoms with E-state index in [-0.39, 0.29) is 28.4 Å². The molecule has 1 aromatic heterocycles. The molecule has 1 aromatic carbocycles. The van der Waals surface area contributed by atoms with E-state index >= 15 is 0 Å².